The number of aliphatic hydroxyl groups is 1. The number of fused-ring (bicyclic) bond motifs is 2. The highest BCUT2D eigenvalue weighted by Crippen LogP contribution is 2.52. The summed E-state index contributed by atoms with van der Waals surface area (Å²) in [6.07, 6.45) is 2.27. The Morgan fingerprint density at radius 2 is 1.64 bits per heavy atom. The molecular formula is C24H27F5N4O6. The molecule has 1 saturated carbocycles. The fourth-order valence-electron chi connectivity index (χ4n) is 4.89. The second-order valence-corrected chi connectivity index (χ2v) is 9.26. The van der Waals surface area contributed by atoms with Crippen molar-refractivity contribution in [2.75, 3.05) is 33.0 Å². The third kappa shape index (κ3) is 6.64. The number of ether oxygens (including phenoxy) is 3. The fraction of sp³-hybridized carbons (Fsp3) is 0.583. The topological polar surface area (TPSA) is 125 Å². The van der Waals surface area contributed by atoms with Gasteiger partial charge >= 0.3 is 12.1 Å². The number of amides is 1. The van der Waals surface area contributed by atoms with E-state index in [-0.39, 0.29) is 38.9 Å². The smallest absolute Gasteiger partial charge is 0.407 e. The number of rotatable bonds is 11. The second-order valence-electron chi connectivity index (χ2n) is 9.26. The van der Waals surface area contributed by atoms with Gasteiger partial charge in [-0.05, 0) is 43.4 Å². The third-order valence-electron chi connectivity index (χ3n) is 6.93. The highest BCUT2D eigenvalue weighted by Gasteiger charge is 2.50. The molecule has 0 saturated heterocycles. The van der Waals surface area contributed by atoms with Crippen LogP contribution in [0.5, 0.6) is 5.75 Å². The van der Waals surface area contributed by atoms with Crippen LogP contribution in [0.3, 0.4) is 0 Å². The average molecular weight is 562 g/mol. The van der Waals surface area contributed by atoms with Gasteiger partial charge in [-0.25, -0.2) is 22.6 Å². The summed E-state index contributed by atoms with van der Waals surface area (Å²) in [7, 11) is 0. The Morgan fingerprint density at radius 1 is 0.974 bits per heavy atom. The van der Waals surface area contributed by atoms with Crippen molar-refractivity contribution in [1.29, 1.82) is 0 Å². The average Bonchev–Trinajstić information content (AvgIpc) is 3.43. The Bertz CT molecular complexity index is 1180. The van der Waals surface area contributed by atoms with Gasteiger partial charge in [-0.2, -0.15) is 8.78 Å². The quantitative estimate of drug-likeness (QED) is 0.107. The molecule has 1 heterocycles. The summed E-state index contributed by atoms with van der Waals surface area (Å²) in [5.41, 5.74) is 2.01. The minimum Gasteiger partial charge on any atom is -0.449 e. The number of nitrogens with one attached hydrogen (secondary N) is 1. The van der Waals surface area contributed by atoms with Crippen molar-refractivity contribution in [3.05, 3.63) is 40.5 Å². The molecule has 0 bridgehead atoms. The normalized spacial score (nSPS) is 19.9. The summed E-state index contributed by atoms with van der Waals surface area (Å²) in [5.74, 6) is -13.1. The van der Waals surface area contributed by atoms with E-state index in [4.69, 9.17) is 9.47 Å². The minimum atomic E-state index is -2.36. The number of hydrogen-bond acceptors (Lipinski definition) is 8. The van der Waals surface area contributed by atoms with Crippen LogP contribution < -0.4 is 10.1 Å². The van der Waals surface area contributed by atoms with Gasteiger partial charge in [0.2, 0.25) is 34.8 Å². The Labute approximate surface area is 219 Å². The van der Waals surface area contributed by atoms with E-state index < -0.39 is 53.3 Å². The molecule has 10 nitrogen and oxygen atoms in total. The maximum atomic E-state index is 13.6. The number of esters is 1. The zero-order chi connectivity index (χ0) is 28.1. The summed E-state index contributed by atoms with van der Waals surface area (Å²) >= 11 is 0. The highest BCUT2D eigenvalue weighted by atomic mass is 19.2. The van der Waals surface area contributed by atoms with Crippen LogP contribution in [0.2, 0.25) is 0 Å². The van der Waals surface area contributed by atoms with Crippen LogP contribution in [-0.4, -0.2) is 65.1 Å². The molecule has 0 radical (unpaired) electrons. The Balaban J connectivity index is 1.09. The molecule has 15 heteroatoms. The molecule has 0 aliphatic heterocycles. The van der Waals surface area contributed by atoms with E-state index >= 15 is 0 Å². The van der Waals surface area contributed by atoms with Crippen molar-refractivity contribution in [3.63, 3.8) is 0 Å². The standard InChI is InChI=1S/C24H27F5N4O6/c25-18-19(26)21(28)23(22(29)20(18)27)39-17(35)5-9-37-10-6-30-24(36)38-11-14-12-1-3-15-16(4-2-13(12)14)33(7-8-34)32-31-15/h12-14,34H,1-11H2,(H,30,36). The van der Waals surface area contributed by atoms with Gasteiger partial charge in [-0.3, -0.25) is 4.79 Å². The van der Waals surface area contributed by atoms with Crippen LogP contribution in [0.15, 0.2) is 0 Å². The molecule has 0 spiro atoms. The van der Waals surface area contributed by atoms with E-state index in [9.17, 15) is 36.6 Å². The van der Waals surface area contributed by atoms with Gasteiger partial charge in [0, 0.05) is 6.54 Å². The molecule has 1 aromatic carbocycles. The van der Waals surface area contributed by atoms with Crippen molar-refractivity contribution >= 4 is 12.1 Å². The van der Waals surface area contributed by atoms with E-state index in [0.717, 1.165) is 37.1 Å². The molecule has 3 unspecified atom stereocenters. The van der Waals surface area contributed by atoms with Gasteiger partial charge in [0.1, 0.15) is 0 Å². The molecule has 3 atom stereocenters. The molecule has 2 aliphatic rings. The lowest BCUT2D eigenvalue weighted by molar-refractivity contribution is -0.136. The lowest BCUT2D eigenvalue weighted by Crippen LogP contribution is -2.29. The van der Waals surface area contributed by atoms with E-state index in [0.29, 0.717) is 18.4 Å². The first kappa shape index (κ1) is 28.7. The lowest BCUT2D eigenvalue weighted by Gasteiger charge is -2.09. The third-order valence-corrected chi connectivity index (χ3v) is 6.93. The molecule has 214 valence electrons. The van der Waals surface area contributed by atoms with Gasteiger partial charge in [0.05, 0.1) is 50.8 Å². The number of aliphatic hydroxyl groups excluding tert-OH is 1. The summed E-state index contributed by atoms with van der Waals surface area (Å²) in [4.78, 5) is 23.7. The molecular weight excluding hydrogens is 535 g/mol. The van der Waals surface area contributed by atoms with Crippen LogP contribution >= 0.6 is 0 Å². The Morgan fingerprint density at radius 3 is 2.33 bits per heavy atom. The van der Waals surface area contributed by atoms with E-state index in [1.807, 2.05) is 0 Å². The molecule has 1 amide bonds. The van der Waals surface area contributed by atoms with Crippen LogP contribution in [0.25, 0.3) is 0 Å². The van der Waals surface area contributed by atoms with Crippen LogP contribution in [0.1, 0.15) is 30.7 Å². The largest absolute Gasteiger partial charge is 0.449 e. The number of alkyl carbamates (subject to hydrolysis) is 1. The number of benzene rings is 1. The van der Waals surface area contributed by atoms with Crippen molar-refractivity contribution in [2.24, 2.45) is 17.8 Å². The summed E-state index contributed by atoms with van der Waals surface area (Å²) in [6, 6.07) is 0. The first-order valence-electron chi connectivity index (χ1n) is 12.5. The van der Waals surface area contributed by atoms with Crippen molar-refractivity contribution < 1.29 is 50.9 Å². The molecule has 2 aromatic rings. The Hall–Kier alpha value is -3.33. The zero-order valence-electron chi connectivity index (χ0n) is 20.7. The first-order valence-corrected chi connectivity index (χ1v) is 12.5. The minimum absolute atomic E-state index is 0.00437. The number of carbonyl (C=O) groups is 2. The van der Waals surface area contributed by atoms with E-state index in [1.54, 1.807) is 4.68 Å². The number of aryl methyl sites for hydroxylation is 1. The molecule has 2 aliphatic carbocycles. The van der Waals surface area contributed by atoms with Crippen LogP contribution in [-0.2, 0) is 33.7 Å². The Kier molecular flexibility index (Phi) is 9.32. The summed E-state index contributed by atoms with van der Waals surface area (Å²) < 4.78 is 82.9. The molecule has 1 aromatic heterocycles. The maximum absolute atomic E-state index is 13.6. The summed E-state index contributed by atoms with van der Waals surface area (Å²) in [5, 5.41) is 20.0. The lowest BCUT2D eigenvalue weighted by atomic mass is 10.0. The predicted octanol–water partition coefficient (Wildman–Crippen LogP) is 2.45. The van der Waals surface area contributed by atoms with E-state index in [2.05, 4.69) is 20.4 Å². The maximum Gasteiger partial charge on any atom is 0.407 e. The fourth-order valence-corrected chi connectivity index (χ4v) is 4.89. The second kappa shape index (κ2) is 12.7. The van der Waals surface area contributed by atoms with Gasteiger partial charge in [-0.1, -0.05) is 5.21 Å². The van der Waals surface area contributed by atoms with Gasteiger partial charge < -0.3 is 24.6 Å². The molecule has 4 rings (SSSR count). The molecule has 39 heavy (non-hydrogen) atoms. The SMILES string of the molecule is O=C(CCOCCNC(=O)OCC1C2CCc3nnn(CCO)c3CCC21)Oc1c(F)c(F)c(F)c(F)c1F. The van der Waals surface area contributed by atoms with Gasteiger partial charge in [-0.15, -0.1) is 5.10 Å². The summed E-state index contributed by atoms with van der Waals surface area (Å²) in [6.45, 7) is 0.411. The zero-order valence-corrected chi connectivity index (χ0v) is 20.7. The number of nitrogens with zero attached hydrogens (tertiary/aromatic N) is 3. The van der Waals surface area contributed by atoms with E-state index in [1.165, 1.54) is 0 Å². The number of aromatic nitrogens is 3. The van der Waals surface area contributed by atoms with Crippen molar-refractivity contribution in [3.8, 4) is 5.75 Å². The molecule has 1 fully saturated rings. The monoisotopic (exact) mass is 562 g/mol. The first-order chi connectivity index (χ1) is 18.7. The number of halogens is 5. The molecule has 2 N–H and O–H groups in total. The highest BCUT2D eigenvalue weighted by molar-refractivity contribution is 5.72. The van der Waals surface area contributed by atoms with Gasteiger partial charge in [0.25, 0.3) is 0 Å². The van der Waals surface area contributed by atoms with Crippen LogP contribution in [0, 0.1) is 46.8 Å². The van der Waals surface area contributed by atoms with Crippen molar-refractivity contribution in [2.45, 2.75) is 38.6 Å². The number of carbonyl (C=O) groups excluding carboxylic acids is 2. The van der Waals surface area contributed by atoms with Gasteiger partial charge in [0.15, 0.2) is 0 Å². The number of hydrogen-bond donors (Lipinski definition) is 2. The van der Waals surface area contributed by atoms with Crippen LogP contribution in [0.4, 0.5) is 26.7 Å². The van der Waals surface area contributed by atoms with Crippen molar-refractivity contribution in [1.82, 2.24) is 20.3 Å². The predicted molar refractivity (Wildman–Crippen MR) is 121 cm³/mol.